The molecule has 1 heterocycles. The second kappa shape index (κ2) is 5.37. The van der Waals surface area contributed by atoms with E-state index in [1.54, 1.807) is 6.07 Å². The Morgan fingerprint density at radius 1 is 1.25 bits per heavy atom. The van der Waals surface area contributed by atoms with E-state index in [0.29, 0.717) is 10.0 Å². The zero-order valence-electron chi connectivity index (χ0n) is 9.00. The van der Waals surface area contributed by atoms with Gasteiger partial charge in [0.2, 0.25) is 0 Å². The number of aliphatic hydroxyl groups is 1. The fourth-order valence-corrected chi connectivity index (χ4v) is 2.77. The quantitative estimate of drug-likeness (QED) is 0.902. The molecule has 0 saturated carbocycles. The first-order valence-electron chi connectivity index (χ1n) is 5.52. The Balaban J connectivity index is 2.25. The monoisotopic (exact) mass is 259 g/mol. The van der Waals surface area contributed by atoms with Gasteiger partial charge in [-0.1, -0.05) is 29.3 Å². The van der Waals surface area contributed by atoms with Crippen LogP contribution in [-0.4, -0.2) is 29.7 Å². The molecule has 1 N–H and O–H groups in total. The summed E-state index contributed by atoms with van der Waals surface area (Å²) in [6.45, 7) is 2.16. The minimum absolute atomic E-state index is 0.00673. The van der Waals surface area contributed by atoms with Crippen molar-refractivity contribution < 1.29 is 5.11 Å². The second-order valence-electron chi connectivity index (χ2n) is 4.11. The van der Waals surface area contributed by atoms with Gasteiger partial charge in [0, 0.05) is 10.0 Å². The van der Waals surface area contributed by atoms with Crippen LogP contribution in [0.1, 0.15) is 24.4 Å². The Morgan fingerprint density at radius 3 is 2.50 bits per heavy atom. The molecule has 0 aliphatic carbocycles. The molecule has 1 aromatic rings. The fourth-order valence-electron chi connectivity index (χ4n) is 2.24. The number of likely N-dealkylation sites (tertiary alicyclic amines) is 1. The number of aliphatic hydroxyl groups excluding tert-OH is 1. The highest BCUT2D eigenvalue weighted by atomic mass is 35.5. The summed E-state index contributed by atoms with van der Waals surface area (Å²) in [6, 6.07) is 5.47. The second-order valence-corrected chi connectivity index (χ2v) is 4.95. The summed E-state index contributed by atoms with van der Waals surface area (Å²) < 4.78 is 0. The topological polar surface area (TPSA) is 23.5 Å². The minimum Gasteiger partial charge on any atom is -0.394 e. The summed E-state index contributed by atoms with van der Waals surface area (Å²) in [5, 5.41) is 10.8. The van der Waals surface area contributed by atoms with E-state index in [0.717, 1.165) is 18.7 Å². The molecule has 0 amide bonds. The molecule has 16 heavy (non-hydrogen) atoms. The molecule has 1 fully saturated rings. The number of hydrogen-bond acceptors (Lipinski definition) is 2. The molecule has 0 radical (unpaired) electrons. The Morgan fingerprint density at radius 2 is 1.94 bits per heavy atom. The lowest BCUT2D eigenvalue weighted by molar-refractivity contribution is 0.147. The predicted octanol–water partition coefficient (Wildman–Crippen LogP) is 3.12. The predicted molar refractivity (Wildman–Crippen MR) is 67.1 cm³/mol. The number of hydrogen-bond donors (Lipinski definition) is 1. The highest BCUT2D eigenvalue weighted by molar-refractivity contribution is 6.35. The van der Waals surface area contributed by atoms with Gasteiger partial charge in [0.15, 0.2) is 0 Å². The Hall–Kier alpha value is -0.280. The molecule has 1 aromatic carbocycles. The van der Waals surface area contributed by atoms with Gasteiger partial charge in [0.25, 0.3) is 0 Å². The molecule has 88 valence electrons. The van der Waals surface area contributed by atoms with Crippen LogP contribution in [0.15, 0.2) is 18.2 Å². The van der Waals surface area contributed by atoms with E-state index in [1.165, 1.54) is 12.8 Å². The van der Waals surface area contributed by atoms with Crippen molar-refractivity contribution in [3.8, 4) is 0 Å². The molecule has 0 bridgehead atoms. The van der Waals surface area contributed by atoms with Gasteiger partial charge in [-0.2, -0.15) is 0 Å². The maximum Gasteiger partial charge on any atom is 0.0629 e. The van der Waals surface area contributed by atoms with E-state index in [4.69, 9.17) is 23.2 Å². The zero-order valence-corrected chi connectivity index (χ0v) is 10.5. The first-order chi connectivity index (χ1) is 7.72. The van der Waals surface area contributed by atoms with Gasteiger partial charge in [-0.3, -0.25) is 4.90 Å². The highest BCUT2D eigenvalue weighted by Crippen LogP contribution is 2.31. The van der Waals surface area contributed by atoms with Crippen LogP contribution >= 0.6 is 23.2 Å². The lowest BCUT2D eigenvalue weighted by Gasteiger charge is -2.26. The van der Waals surface area contributed by atoms with Crippen LogP contribution in [0.5, 0.6) is 0 Å². The Bertz CT molecular complexity index is 364. The highest BCUT2D eigenvalue weighted by Gasteiger charge is 2.24. The zero-order chi connectivity index (χ0) is 11.5. The van der Waals surface area contributed by atoms with Gasteiger partial charge in [-0.15, -0.1) is 0 Å². The van der Waals surface area contributed by atoms with E-state index in [9.17, 15) is 5.11 Å². The third-order valence-corrected chi connectivity index (χ3v) is 3.64. The van der Waals surface area contributed by atoms with E-state index in [1.807, 2.05) is 12.1 Å². The number of nitrogens with zero attached hydrogens (tertiary/aromatic N) is 1. The van der Waals surface area contributed by atoms with Crippen LogP contribution < -0.4 is 0 Å². The lowest BCUT2D eigenvalue weighted by atomic mass is 10.1. The molecule has 1 unspecified atom stereocenters. The van der Waals surface area contributed by atoms with Gasteiger partial charge in [-0.25, -0.2) is 0 Å². The van der Waals surface area contributed by atoms with Crippen LogP contribution in [0.2, 0.25) is 10.0 Å². The summed E-state index contributed by atoms with van der Waals surface area (Å²) >= 11 is 12.0. The Labute approximate surface area is 106 Å². The van der Waals surface area contributed by atoms with Crippen LogP contribution in [0, 0.1) is 0 Å². The third kappa shape index (κ3) is 2.51. The van der Waals surface area contributed by atoms with E-state index in [2.05, 4.69) is 4.90 Å². The summed E-state index contributed by atoms with van der Waals surface area (Å²) in [5.41, 5.74) is 0.968. The standard InChI is InChI=1S/C12H15Cl2NO/c13-9-3-4-10(11(14)7-9)12(8-16)15-5-1-2-6-15/h3-4,7,12,16H,1-2,5-6,8H2. The number of rotatable bonds is 3. The van der Waals surface area contributed by atoms with Crippen molar-refractivity contribution >= 4 is 23.2 Å². The minimum atomic E-state index is 0.00673. The molecule has 2 rings (SSSR count). The van der Waals surface area contributed by atoms with Gasteiger partial charge in [0.05, 0.1) is 12.6 Å². The molecule has 0 aromatic heterocycles. The van der Waals surface area contributed by atoms with Crippen LogP contribution in [-0.2, 0) is 0 Å². The smallest absolute Gasteiger partial charge is 0.0629 e. The van der Waals surface area contributed by atoms with Crippen LogP contribution in [0.25, 0.3) is 0 Å². The average molecular weight is 260 g/mol. The van der Waals surface area contributed by atoms with Crippen molar-refractivity contribution in [1.29, 1.82) is 0 Å². The first kappa shape index (κ1) is 12.2. The molecule has 0 spiro atoms. The Kier molecular flexibility index (Phi) is 4.09. The largest absolute Gasteiger partial charge is 0.394 e. The normalized spacial score (nSPS) is 18.9. The molecule has 4 heteroatoms. The van der Waals surface area contributed by atoms with Gasteiger partial charge < -0.3 is 5.11 Å². The molecule has 1 saturated heterocycles. The molecular formula is C12H15Cl2NO. The number of benzene rings is 1. The lowest BCUT2D eigenvalue weighted by Crippen LogP contribution is -2.28. The van der Waals surface area contributed by atoms with Crippen molar-refractivity contribution in [2.75, 3.05) is 19.7 Å². The SMILES string of the molecule is OCC(c1ccc(Cl)cc1Cl)N1CCCC1. The summed E-state index contributed by atoms with van der Waals surface area (Å²) in [5.74, 6) is 0. The van der Waals surface area contributed by atoms with Crippen molar-refractivity contribution in [2.45, 2.75) is 18.9 Å². The summed E-state index contributed by atoms with van der Waals surface area (Å²) in [4.78, 5) is 2.27. The molecule has 1 atom stereocenters. The van der Waals surface area contributed by atoms with Gasteiger partial charge >= 0.3 is 0 Å². The molecule has 1 aliphatic heterocycles. The van der Waals surface area contributed by atoms with E-state index in [-0.39, 0.29) is 12.6 Å². The third-order valence-electron chi connectivity index (χ3n) is 3.08. The van der Waals surface area contributed by atoms with E-state index < -0.39 is 0 Å². The molecular weight excluding hydrogens is 245 g/mol. The van der Waals surface area contributed by atoms with Crippen LogP contribution in [0.4, 0.5) is 0 Å². The summed E-state index contributed by atoms with van der Waals surface area (Å²) in [7, 11) is 0. The number of halogens is 2. The molecule has 1 aliphatic rings. The summed E-state index contributed by atoms with van der Waals surface area (Å²) in [6.07, 6.45) is 2.39. The molecule has 2 nitrogen and oxygen atoms in total. The first-order valence-corrected chi connectivity index (χ1v) is 6.28. The fraction of sp³-hybridized carbons (Fsp3) is 0.500. The van der Waals surface area contributed by atoms with Crippen LogP contribution in [0.3, 0.4) is 0 Å². The van der Waals surface area contributed by atoms with Crippen molar-refractivity contribution in [3.63, 3.8) is 0 Å². The maximum absolute atomic E-state index is 9.50. The van der Waals surface area contributed by atoms with E-state index >= 15 is 0 Å². The van der Waals surface area contributed by atoms with Gasteiger partial charge in [-0.05, 0) is 43.6 Å². The van der Waals surface area contributed by atoms with Crippen molar-refractivity contribution in [1.82, 2.24) is 4.90 Å². The maximum atomic E-state index is 9.50. The average Bonchev–Trinajstić information content (AvgIpc) is 2.75. The van der Waals surface area contributed by atoms with Crippen molar-refractivity contribution in [2.24, 2.45) is 0 Å². The van der Waals surface area contributed by atoms with Gasteiger partial charge in [0.1, 0.15) is 0 Å². The van der Waals surface area contributed by atoms with Crippen molar-refractivity contribution in [3.05, 3.63) is 33.8 Å².